The van der Waals surface area contributed by atoms with Crippen LogP contribution in [0.15, 0.2) is 0 Å². The van der Waals surface area contributed by atoms with E-state index in [0.717, 1.165) is 11.4 Å². The van der Waals surface area contributed by atoms with Gasteiger partial charge in [0.2, 0.25) is 11.5 Å². The average Bonchev–Trinajstić information content (AvgIpc) is 2.37. The molecule has 1 aromatic heterocycles. The van der Waals surface area contributed by atoms with Gasteiger partial charge in [-0.05, 0) is 6.42 Å². The number of hydrogen-bond donors (Lipinski definition) is 1. The van der Waals surface area contributed by atoms with Gasteiger partial charge in [-0.3, -0.25) is 4.79 Å². The van der Waals surface area contributed by atoms with E-state index in [1.54, 1.807) is 0 Å². The van der Waals surface area contributed by atoms with Crippen LogP contribution >= 0.6 is 11.3 Å². The number of nitrogens with zero attached hydrogens (tertiary/aromatic N) is 2. The molecule has 0 aliphatic rings. The highest BCUT2D eigenvalue weighted by Crippen LogP contribution is 2.13. The van der Waals surface area contributed by atoms with Gasteiger partial charge in [-0.25, -0.2) is 0 Å². The first kappa shape index (κ1) is 7.14. The van der Waals surface area contributed by atoms with Gasteiger partial charge in [0.15, 0.2) is 0 Å². The second kappa shape index (κ2) is 3.26. The lowest BCUT2D eigenvalue weighted by Gasteiger charge is -1.82. The van der Waals surface area contributed by atoms with Crippen molar-refractivity contribution in [3.8, 4) is 0 Å². The zero-order valence-corrected chi connectivity index (χ0v) is 6.31. The minimum absolute atomic E-state index is 0.562. The van der Waals surface area contributed by atoms with Gasteiger partial charge in [-0.2, -0.15) is 0 Å². The van der Waals surface area contributed by atoms with Gasteiger partial charge in [0.1, 0.15) is 5.01 Å². The molecule has 5 heteroatoms. The summed E-state index contributed by atoms with van der Waals surface area (Å²) in [4.78, 5) is 9.90. The van der Waals surface area contributed by atoms with Crippen LogP contribution < -0.4 is 5.32 Å². The molecule has 1 amide bonds. The molecule has 4 nitrogen and oxygen atoms in total. The number of nitrogens with one attached hydrogen (secondary N) is 1. The maximum absolute atomic E-state index is 9.90. The fourth-order valence-electron chi connectivity index (χ4n) is 0.505. The summed E-state index contributed by atoms with van der Waals surface area (Å²) < 4.78 is 0. The molecule has 54 valence electrons. The second-order valence-corrected chi connectivity index (χ2v) is 2.68. The van der Waals surface area contributed by atoms with Crippen molar-refractivity contribution in [1.82, 2.24) is 10.2 Å². The molecule has 0 radical (unpaired) electrons. The Morgan fingerprint density at radius 2 is 2.50 bits per heavy atom. The minimum Gasteiger partial charge on any atom is -0.303 e. The summed E-state index contributed by atoms with van der Waals surface area (Å²) in [6, 6.07) is 0. The van der Waals surface area contributed by atoms with E-state index < -0.39 is 0 Å². The Kier molecular flexibility index (Phi) is 2.33. The number of hydrogen-bond acceptors (Lipinski definition) is 4. The molecule has 10 heavy (non-hydrogen) atoms. The van der Waals surface area contributed by atoms with Gasteiger partial charge in [0.25, 0.3) is 0 Å². The molecule has 0 bridgehead atoms. The first-order chi connectivity index (χ1) is 4.86. The summed E-state index contributed by atoms with van der Waals surface area (Å²) in [5, 5.41) is 11.4. The maximum atomic E-state index is 9.90. The highest BCUT2D eigenvalue weighted by Gasteiger charge is 1.98. The molecule has 0 aliphatic heterocycles. The lowest BCUT2D eigenvalue weighted by Crippen LogP contribution is -1.91. The van der Waals surface area contributed by atoms with Crippen LogP contribution in [0.25, 0.3) is 0 Å². The van der Waals surface area contributed by atoms with Gasteiger partial charge in [0.05, 0.1) is 0 Å². The predicted octanol–water partition coefficient (Wildman–Crippen LogP) is 0.669. The molecule has 1 rings (SSSR count). The predicted molar refractivity (Wildman–Crippen MR) is 39.0 cm³/mol. The number of carbonyl (C=O) groups excluding carboxylic acids is 1. The third-order valence-electron chi connectivity index (χ3n) is 0.952. The van der Waals surface area contributed by atoms with E-state index in [-0.39, 0.29) is 0 Å². The Morgan fingerprint density at radius 3 is 3.00 bits per heavy atom. The quantitative estimate of drug-likeness (QED) is 0.656. The first-order valence-electron chi connectivity index (χ1n) is 2.89. The lowest BCUT2D eigenvalue weighted by molar-refractivity contribution is -0.105. The van der Waals surface area contributed by atoms with Crippen molar-refractivity contribution in [3.05, 3.63) is 5.01 Å². The molecular formula is C5H7N3OS. The van der Waals surface area contributed by atoms with Crippen molar-refractivity contribution < 1.29 is 4.79 Å². The van der Waals surface area contributed by atoms with Crippen molar-refractivity contribution in [3.63, 3.8) is 0 Å². The summed E-state index contributed by atoms with van der Waals surface area (Å²) in [6.45, 7) is 1.99. The molecule has 1 aromatic rings. The summed E-state index contributed by atoms with van der Waals surface area (Å²) >= 11 is 1.39. The van der Waals surface area contributed by atoms with Gasteiger partial charge in [-0.1, -0.05) is 18.3 Å². The van der Waals surface area contributed by atoms with Gasteiger partial charge in [-0.15, -0.1) is 10.2 Å². The summed E-state index contributed by atoms with van der Waals surface area (Å²) in [5.74, 6) is 0. The van der Waals surface area contributed by atoms with Crippen molar-refractivity contribution in [2.45, 2.75) is 13.3 Å². The number of aryl methyl sites for hydroxylation is 1. The van der Waals surface area contributed by atoms with Crippen LogP contribution in [0.3, 0.4) is 0 Å². The summed E-state index contributed by atoms with van der Waals surface area (Å²) in [7, 11) is 0. The SMILES string of the molecule is CCc1nnc(NC=O)s1. The average molecular weight is 157 g/mol. The Bertz CT molecular complexity index is 222. The van der Waals surface area contributed by atoms with Crippen LogP contribution in [0, 0.1) is 0 Å². The number of amides is 1. The number of carbonyl (C=O) groups is 1. The molecule has 0 spiro atoms. The van der Waals surface area contributed by atoms with Crippen LogP contribution in [0.5, 0.6) is 0 Å². The van der Waals surface area contributed by atoms with Gasteiger partial charge < -0.3 is 5.32 Å². The third-order valence-corrected chi connectivity index (χ3v) is 1.95. The molecule has 0 aromatic carbocycles. The van der Waals surface area contributed by atoms with Crippen LogP contribution in [-0.2, 0) is 11.2 Å². The highest BCUT2D eigenvalue weighted by atomic mass is 32.1. The summed E-state index contributed by atoms with van der Waals surface area (Å²) in [5.41, 5.74) is 0. The van der Waals surface area contributed by atoms with Crippen molar-refractivity contribution in [2.75, 3.05) is 5.32 Å². The molecule has 0 atom stereocenters. The Morgan fingerprint density at radius 1 is 1.70 bits per heavy atom. The van der Waals surface area contributed by atoms with Gasteiger partial charge in [0, 0.05) is 0 Å². The van der Waals surface area contributed by atoms with E-state index in [0.29, 0.717) is 11.5 Å². The van der Waals surface area contributed by atoms with Crippen LogP contribution in [0.1, 0.15) is 11.9 Å². The molecule has 0 saturated heterocycles. The third kappa shape index (κ3) is 1.51. The fraction of sp³-hybridized carbons (Fsp3) is 0.400. The monoisotopic (exact) mass is 157 g/mol. The molecule has 0 saturated carbocycles. The van der Waals surface area contributed by atoms with Crippen molar-refractivity contribution in [1.29, 1.82) is 0 Å². The highest BCUT2D eigenvalue weighted by molar-refractivity contribution is 7.15. The molecule has 1 N–H and O–H groups in total. The minimum atomic E-state index is 0.562. The molecule has 0 unspecified atom stereocenters. The van der Waals surface area contributed by atoms with E-state index in [1.807, 2.05) is 6.92 Å². The van der Waals surface area contributed by atoms with E-state index >= 15 is 0 Å². The fourth-order valence-corrected chi connectivity index (χ4v) is 1.14. The maximum Gasteiger partial charge on any atom is 0.213 e. The zero-order valence-electron chi connectivity index (χ0n) is 5.50. The van der Waals surface area contributed by atoms with E-state index in [2.05, 4.69) is 15.5 Å². The first-order valence-corrected chi connectivity index (χ1v) is 3.71. The number of anilines is 1. The van der Waals surface area contributed by atoms with Gasteiger partial charge >= 0.3 is 0 Å². The van der Waals surface area contributed by atoms with Crippen LogP contribution in [0.4, 0.5) is 5.13 Å². The van der Waals surface area contributed by atoms with E-state index in [9.17, 15) is 4.79 Å². The molecule has 0 fully saturated rings. The Labute approximate surface area is 62.3 Å². The standard InChI is InChI=1S/C5H7N3OS/c1-2-4-7-8-5(10-4)6-3-9/h3H,2H2,1H3,(H,6,8,9). The number of rotatable bonds is 3. The van der Waals surface area contributed by atoms with E-state index in [1.165, 1.54) is 11.3 Å². The Balaban J connectivity index is 2.67. The van der Waals surface area contributed by atoms with Crippen LogP contribution in [-0.4, -0.2) is 16.6 Å². The Hall–Kier alpha value is -0.970. The van der Waals surface area contributed by atoms with Crippen molar-refractivity contribution in [2.24, 2.45) is 0 Å². The van der Waals surface area contributed by atoms with Crippen molar-refractivity contribution >= 4 is 22.9 Å². The zero-order chi connectivity index (χ0) is 7.40. The molecule has 1 heterocycles. The normalized spacial score (nSPS) is 9.30. The van der Waals surface area contributed by atoms with E-state index in [4.69, 9.17) is 0 Å². The smallest absolute Gasteiger partial charge is 0.213 e. The van der Waals surface area contributed by atoms with Crippen LogP contribution in [0.2, 0.25) is 0 Å². The largest absolute Gasteiger partial charge is 0.303 e. The summed E-state index contributed by atoms with van der Waals surface area (Å²) in [6.07, 6.45) is 1.46. The molecule has 0 aliphatic carbocycles. The number of aromatic nitrogens is 2. The second-order valence-electron chi connectivity index (χ2n) is 1.62. The topological polar surface area (TPSA) is 54.9 Å². The lowest BCUT2D eigenvalue weighted by atomic mass is 10.5. The molecular weight excluding hydrogens is 150 g/mol.